The van der Waals surface area contributed by atoms with Crippen molar-refractivity contribution < 1.29 is 9.53 Å². The average molecular weight is 234 g/mol. The lowest BCUT2D eigenvalue weighted by Gasteiger charge is -2.06. The van der Waals surface area contributed by atoms with Crippen LogP contribution in [0.15, 0.2) is 36.3 Å². The van der Waals surface area contributed by atoms with Crippen molar-refractivity contribution in [2.75, 3.05) is 11.9 Å². The van der Waals surface area contributed by atoms with Crippen LogP contribution < -0.4 is 11.1 Å². The number of nitrogens with zero attached hydrogens (tertiary/aromatic N) is 1. The maximum Gasteiger partial charge on any atom is 0.343 e. The van der Waals surface area contributed by atoms with E-state index in [0.717, 1.165) is 0 Å². The first kappa shape index (κ1) is 12.7. The van der Waals surface area contributed by atoms with Gasteiger partial charge in [0.05, 0.1) is 18.5 Å². The highest BCUT2D eigenvalue weighted by atomic mass is 16.5. The summed E-state index contributed by atoms with van der Waals surface area (Å²) in [4.78, 5) is 15.3. The van der Waals surface area contributed by atoms with Crippen LogP contribution in [0.25, 0.3) is 0 Å². The SMILES string of the molecule is CCOC(=O)/C(=C/Nc1cccnc1)C(=N)N. The van der Waals surface area contributed by atoms with Crippen LogP contribution in [-0.4, -0.2) is 23.4 Å². The number of ether oxygens (including phenoxy) is 1. The maximum absolute atomic E-state index is 11.4. The Labute approximate surface area is 99.0 Å². The number of amidine groups is 1. The number of anilines is 1. The zero-order valence-corrected chi connectivity index (χ0v) is 9.43. The molecule has 1 aromatic rings. The van der Waals surface area contributed by atoms with Gasteiger partial charge in [0.1, 0.15) is 11.4 Å². The van der Waals surface area contributed by atoms with Crippen LogP contribution in [0.5, 0.6) is 0 Å². The van der Waals surface area contributed by atoms with Crippen LogP contribution in [0.1, 0.15) is 6.92 Å². The molecule has 0 amide bonds. The minimum Gasteiger partial charge on any atom is -0.462 e. The van der Waals surface area contributed by atoms with Crippen molar-refractivity contribution in [3.8, 4) is 0 Å². The monoisotopic (exact) mass is 234 g/mol. The molecule has 0 saturated heterocycles. The van der Waals surface area contributed by atoms with Gasteiger partial charge in [-0.1, -0.05) is 0 Å². The molecule has 17 heavy (non-hydrogen) atoms. The van der Waals surface area contributed by atoms with Crippen molar-refractivity contribution in [2.45, 2.75) is 6.92 Å². The molecule has 1 rings (SSSR count). The van der Waals surface area contributed by atoms with Crippen molar-refractivity contribution in [1.82, 2.24) is 4.98 Å². The average Bonchev–Trinajstić information content (AvgIpc) is 2.30. The first-order valence-electron chi connectivity index (χ1n) is 5.03. The molecule has 0 radical (unpaired) electrons. The van der Waals surface area contributed by atoms with Crippen LogP contribution >= 0.6 is 0 Å². The number of esters is 1. The molecule has 0 fully saturated rings. The summed E-state index contributed by atoms with van der Waals surface area (Å²) in [5, 5.41) is 10.1. The highest BCUT2D eigenvalue weighted by Gasteiger charge is 2.13. The molecule has 0 aliphatic carbocycles. The molecule has 90 valence electrons. The first-order chi connectivity index (χ1) is 8.15. The van der Waals surface area contributed by atoms with Gasteiger partial charge in [0, 0.05) is 12.4 Å². The fourth-order valence-electron chi connectivity index (χ4n) is 1.06. The zero-order valence-electron chi connectivity index (χ0n) is 9.43. The molecular formula is C11H14N4O2. The Balaban J connectivity index is 2.78. The normalized spacial score (nSPS) is 10.8. The van der Waals surface area contributed by atoms with Crippen LogP contribution in [0.3, 0.4) is 0 Å². The summed E-state index contributed by atoms with van der Waals surface area (Å²) < 4.78 is 4.77. The quantitative estimate of drug-likeness (QED) is 0.304. The van der Waals surface area contributed by atoms with E-state index in [1.165, 1.54) is 6.20 Å². The number of aromatic nitrogens is 1. The summed E-state index contributed by atoms with van der Waals surface area (Å²) in [6, 6.07) is 3.51. The van der Waals surface area contributed by atoms with Gasteiger partial charge in [-0.05, 0) is 19.1 Å². The van der Waals surface area contributed by atoms with Gasteiger partial charge < -0.3 is 15.8 Å². The Kier molecular flexibility index (Phi) is 4.68. The van der Waals surface area contributed by atoms with Crippen molar-refractivity contribution in [3.05, 3.63) is 36.3 Å². The van der Waals surface area contributed by atoms with Gasteiger partial charge in [-0.3, -0.25) is 10.4 Å². The third-order valence-corrected chi connectivity index (χ3v) is 1.83. The summed E-state index contributed by atoms with van der Waals surface area (Å²) in [5.41, 5.74) is 5.96. The Morgan fingerprint density at radius 1 is 1.71 bits per heavy atom. The molecule has 0 aliphatic rings. The minimum atomic E-state index is -0.628. The second kappa shape index (κ2) is 6.26. The number of nitrogens with two attached hydrogens (primary N) is 1. The molecule has 0 aliphatic heterocycles. The number of carbonyl (C=O) groups excluding carboxylic acids is 1. The van der Waals surface area contributed by atoms with Crippen LogP contribution in [-0.2, 0) is 9.53 Å². The third kappa shape index (κ3) is 3.94. The number of carbonyl (C=O) groups is 1. The van der Waals surface area contributed by atoms with Gasteiger partial charge >= 0.3 is 5.97 Å². The number of rotatable bonds is 5. The Morgan fingerprint density at radius 3 is 3.00 bits per heavy atom. The summed E-state index contributed by atoms with van der Waals surface area (Å²) in [7, 11) is 0. The summed E-state index contributed by atoms with van der Waals surface area (Å²) in [6.07, 6.45) is 4.54. The van der Waals surface area contributed by atoms with Crippen LogP contribution in [0.2, 0.25) is 0 Å². The van der Waals surface area contributed by atoms with Gasteiger partial charge in [0.25, 0.3) is 0 Å². The van der Waals surface area contributed by atoms with Crippen molar-refractivity contribution in [2.24, 2.45) is 5.73 Å². The lowest BCUT2D eigenvalue weighted by Crippen LogP contribution is -2.22. The molecule has 0 saturated carbocycles. The third-order valence-electron chi connectivity index (χ3n) is 1.83. The highest BCUT2D eigenvalue weighted by Crippen LogP contribution is 2.05. The Morgan fingerprint density at radius 2 is 2.47 bits per heavy atom. The molecule has 4 N–H and O–H groups in total. The van der Waals surface area contributed by atoms with Crippen LogP contribution in [0, 0.1) is 5.41 Å². The largest absolute Gasteiger partial charge is 0.462 e. The Bertz CT molecular complexity index is 428. The van der Waals surface area contributed by atoms with E-state index in [0.29, 0.717) is 5.69 Å². The lowest BCUT2D eigenvalue weighted by atomic mass is 10.2. The number of hydrogen-bond acceptors (Lipinski definition) is 5. The fourth-order valence-corrected chi connectivity index (χ4v) is 1.06. The van der Waals surface area contributed by atoms with Crippen LogP contribution in [0.4, 0.5) is 5.69 Å². The smallest absolute Gasteiger partial charge is 0.343 e. The predicted octanol–water partition coefficient (Wildman–Crippen LogP) is 0.876. The minimum absolute atomic E-state index is 0.0179. The van der Waals surface area contributed by atoms with Gasteiger partial charge in [0.15, 0.2) is 0 Å². The van der Waals surface area contributed by atoms with Crippen molar-refractivity contribution in [3.63, 3.8) is 0 Å². The van der Waals surface area contributed by atoms with Gasteiger partial charge in [-0.25, -0.2) is 4.79 Å². The van der Waals surface area contributed by atoms with E-state index in [2.05, 4.69) is 10.3 Å². The van der Waals surface area contributed by atoms with E-state index in [1.807, 2.05) is 0 Å². The highest BCUT2D eigenvalue weighted by molar-refractivity contribution is 6.17. The number of nitrogens with one attached hydrogen (secondary N) is 2. The molecule has 1 heterocycles. The van der Waals surface area contributed by atoms with E-state index < -0.39 is 5.97 Å². The molecule has 0 unspecified atom stereocenters. The molecule has 0 bridgehead atoms. The predicted molar refractivity (Wildman–Crippen MR) is 64.5 cm³/mol. The molecule has 6 heteroatoms. The second-order valence-corrected chi connectivity index (χ2v) is 3.08. The summed E-state index contributed by atoms with van der Waals surface area (Å²) >= 11 is 0. The van der Waals surface area contributed by atoms with Gasteiger partial charge in [0.2, 0.25) is 0 Å². The van der Waals surface area contributed by atoms with Crippen molar-refractivity contribution in [1.29, 1.82) is 5.41 Å². The van der Waals surface area contributed by atoms with E-state index in [9.17, 15) is 4.79 Å². The van der Waals surface area contributed by atoms with Gasteiger partial charge in [-0.2, -0.15) is 0 Å². The van der Waals surface area contributed by atoms with E-state index in [-0.39, 0.29) is 18.0 Å². The van der Waals surface area contributed by atoms with E-state index >= 15 is 0 Å². The standard InChI is InChI=1S/C11H14N4O2/c1-2-17-11(16)9(10(12)13)7-15-8-4-3-5-14-6-8/h3-7,15H,2H2,1H3,(H3,12,13)/b9-7+. The molecule has 0 spiro atoms. The Hall–Kier alpha value is -2.37. The maximum atomic E-state index is 11.4. The second-order valence-electron chi connectivity index (χ2n) is 3.08. The summed E-state index contributed by atoms with van der Waals surface area (Å²) in [5.74, 6) is -0.976. The fraction of sp³-hybridized carbons (Fsp3) is 0.182. The topological polar surface area (TPSA) is 101 Å². The molecule has 6 nitrogen and oxygen atoms in total. The molecule has 0 aromatic carbocycles. The lowest BCUT2D eigenvalue weighted by molar-refractivity contribution is -0.137. The van der Waals surface area contributed by atoms with Crippen molar-refractivity contribution >= 4 is 17.5 Å². The molecular weight excluding hydrogens is 220 g/mol. The van der Waals surface area contributed by atoms with E-state index in [1.54, 1.807) is 31.5 Å². The van der Waals surface area contributed by atoms with Gasteiger partial charge in [-0.15, -0.1) is 0 Å². The van der Waals surface area contributed by atoms with E-state index in [4.69, 9.17) is 15.9 Å². The molecule has 0 atom stereocenters. The summed E-state index contributed by atoms with van der Waals surface area (Å²) in [6.45, 7) is 1.92. The number of pyridine rings is 1. The number of hydrogen-bond donors (Lipinski definition) is 3. The zero-order chi connectivity index (χ0) is 12.7. The first-order valence-corrected chi connectivity index (χ1v) is 5.03. The molecule has 1 aromatic heterocycles.